The Labute approximate surface area is 238 Å². The van der Waals surface area contributed by atoms with Crippen molar-refractivity contribution < 1.29 is 22.7 Å². The number of benzene rings is 1. The van der Waals surface area contributed by atoms with E-state index < -0.39 is 24.5 Å². The largest absolute Gasteiger partial charge is 0.462 e. The van der Waals surface area contributed by atoms with E-state index in [1.165, 1.54) is 16.0 Å². The van der Waals surface area contributed by atoms with Crippen molar-refractivity contribution >= 4 is 11.7 Å². The summed E-state index contributed by atoms with van der Waals surface area (Å²) in [6, 6.07) is 8.29. The molecule has 220 valence electrons. The Kier molecular flexibility index (Phi) is 7.67. The number of hydrogen-bond acceptors (Lipinski definition) is 7. The number of likely N-dealkylation sites (N-methyl/N-ethyl adjacent to an activating group) is 1. The number of ether oxygens (including phenoxy) is 1. The monoisotopic (exact) mass is 570 g/mol. The highest BCUT2D eigenvalue weighted by molar-refractivity contribution is 5.87. The molecule has 11 heteroatoms. The van der Waals surface area contributed by atoms with Crippen molar-refractivity contribution in [3.63, 3.8) is 0 Å². The van der Waals surface area contributed by atoms with Crippen LogP contribution in [0.5, 0.6) is 6.01 Å². The van der Waals surface area contributed by atoms with Crippen LogP contribution in [0.25, 0.3) is 0 Å². The molecular weight excluding hydrogens is 533 g/mol. The predicted octanol–water partition coefficient (Wildman–Crippen LogP) is 4.11. The van der Waals surface area contributed by atoms with Crippen LogP contribution in [0.4, 0.5) is 19.0 Å². The lowest BCUT2D eigenvalue weighted by Gasteiger charge is -2.42. The lowest BCUT2D eigenvalue weighted by molar-refractivity contribution is -0.153. The van der Waals surface area contributed by atoms with Crippen LogP contribution in [0.1, 0.15) is 54.1 Å². The smallest absolute Gasteiger partial charge is 0.391 e. The van der Waals surface area contributed by atoms with Gasteiger partial charge in [0.05, 0.1) is 18.2 Å². The van der Waals surface area contributed by atoms with Crippen molar-refractivity contribution in [1.82, 2.24) is 24.7 Å². The molecule has 1 unspecified atom stereocenters. The molecule has 0 saturated carbocycles. The van der Waals surface area contributed by atoms with Gasteiger partial charge in [0, 0.05) is 50.4 Å². The number of alkyl halides is 3. The summed E-state index contributed by atoms with van der Waals surface area (Å²) in [6.07, 6.45) is -0.204. The number of halogens is 3. The van der Waals surface area contributed by atoms with Crippen LogP contribution in [-0.4, -0.2) is 88.7 Å². The molecule has 2 saturated heterocycles. The van der Waals surface area contributed by atoms with Crippen molar-refractivity contribution in [2.24, 2.45) is 0 Å². The van der Waals surface area contributed by atoms with Gasteiger partial charge in [-0.1, -0.05) is 30.8 Å². The summed E-state index contributed by atoms with van der Waals surface area (Å²) in [5.41, 5.74) is 4.50. The maximum absolute atomic E-state index is 13.6. The van der Waals surface area contributed by atoms with Gasteiger partial charge in [-0.25, -0.2) is 0 Å². The molecule has 1 amide bonds. The van der Waals surface area contributed by atoms with Crippen LogP contribution >= 0.6 is 0 Å². The lowest BCUT2D eigenvalue weighted by atomic mass is 10.1. The number of likely N-dealkylation sites (tertiary alicyclic amines) is 1. The van der Waals surface area contributed by atoms with Crippen molar-refractivity contribution in [2.45, 2.75) is 69.5 Å². The van der Waals surface area contributed by atoms with Gasteiger partial charge in [-0.2, -0.15) is 23.1 Å². The zero-order valence-corrected chi connectivity index (χ0v) is 23.4. The highest BCUT2D eigenvalue weighted by atomic mass is 19.4. The quantitative estimate of drug-likeness (QED) is 0.465. The number of anilines is 1. The SMILES string of the molecule is C=CC(=O)N1CCN(c2nc(OC[C@@H]3CCCN3C)nc3c2CN(C2CCc4ccccc42)C3)C[C@@H]1CC(F)(F)F. The van der Waals surface area contributed by atoms with E-state index in [0.717, 1.165) is 49.6 Å². The van der Waals surface area contributed by atoms with Crippen molar-refractivity contribution in [1.29, 1.82) is 0 Å². The Bertz CT molecular complexity index is 1300. The average Bonchev–Trinajstić information content (AvgIpc) is 3.67. The van der Waals surface area contributed by atoms with Crippen LogP contribution in [0.2, 0.25) is 0 Å². The van der Waals surface area contributed by atoms with E-state index >= 15 is 0 Å². The molecule has 41 heavy (non-hydrogen) atoms. The van der Waals surface area contributed by atoms with Crippen LogP contribution in [0.3, 0.4) is 0 Å². The van der Waals surface area contributed by atoms with Crippen molar-refractivity contribution in [3.05, 3.63) is 59.3 Å². The summed E-state index contributed by atoms with van der Waals surface area (Å²) in [5, 5.41) is 0. The van der Waals surface area contributed by atoms with Crippen molar-refractivity contribution in [2.75, 3.05) is 44.7 Å². The van der Waals surface area contributed by atoms with E-state index in [4.69, 9.17) is 14.7 Å². The fourth-order valence-electron chi connectivity index (χ4n) is 6.96. The van der Waals surface area contributed by atoms with Gasteiger partial charge in [-0.3, -0.25) is 9.69 Å². The Morgan fingerprint density at radius 2 is 1.95 bits per heavy atom. The van der Waals surface area contributed by atoms with E-state index in [1.54, 1.807) is 0 Å². The molecule has 3 aliphatic heterocycles. The topological polar surface area (TPSA) is 65.0 Å². The van der Waals surface area contributed by atoms with Gasteiger partial charge in [0.1, 0.15) is 12.4 Å². The van der Waals surface area contributed by atoms with Gasteiger partial charge in [0.15, 0.2) is 0 Å². The van der Waals surface area contributed by atoms with E-state index in [-0.39, 0.29) is 31.2 Å². The van der Waals surface area contributed by atoms with Gasteiger partial charge in [-0.05, 0) is 56.5 Å². The van der Waals surface area contributed by atoms with Crippen LogP contribution < -0.4 is 9.64 Å². The third-order valence-electron chi connectivity index (χ3n) is 9.09. The minimum Gasteiger partial charge on any atom is -0.462 e. The number of fused-ring (bicyclic) bond motifs is 2. The van der Waals surface area contributed by atoms with Crippen LogP contribution in [0, 0.1) is 0 Å². The van der Waals surface area contributed by atoms with Gasteiger partial charge >= 0.3 is 12.2 Å². The highest BCUT2D eigenvalue weighted by Crippen LogP contribution is 2.42. The molecule has 3 atom stereocenters. The first-order valence-electron chi connectivity index (χ1n) is 14.5. The Hall–Kier alpha value is -3.18. The number of aryl methyl sites for hydroxylation is 1. The lowest BCUT2D eigenvalue weighted by Crippen LogP contribution is -2.56. The first-order chi connectivity index (χ1) is 19.7. The van der Waals surface area contributed by atoms with E-state index in [2.05, 4.69) is 47.7 Å². The second-order valence-electron chi connectivity index (χ2n) is 11.7. The Morgan fingerprint density at radius 1 is 1.12 bits per heavy atom. The van der Waals surface area contributed by atoms with E-state index in [0.29, 0.717) is 32.1 Å². The highest BCUT2D eigenvalue weighted by Gasteiger charge is 2.41. The zero-order valence-electron chi connectivity index (χ0n) is 23.4. The third kappa shape index (κ3) is 5.79. The van der Waals surface area contributed by atoms with Gasteiger partial charge in [0.25, 0.3) is 0 Å². The molecule has 4 heterocycles. The summed E-state index contributed by atoms with van der Waals surface area (Å²) in [6.45, 7) is 6.78. The number of piperazine rings is 1. The summed E-state index contributed by atoms with van der Waals surface area (Å²) in [4.78, 5) is 29.9. The normalized spacial score (nSPS) is 24.9. The minimum absolute atomic E-state index is 0.0274. The van der Waals surface area contributed by atoms with Gasteiger partial charge in [-0.15, -0.1) is 0 Å². The third-order valence-corrected chi connectivity index (χ3v) is 9.09. The molecule has 4 aliphatic rings. The number of rotatable bonds is 7. The number of aromatic nitrogens is 2. The van der Waals surface area contributed by atoms with E-state index in [1.807, 2.05) is 4.90 Å². The van der Waals surface area contributed by atoms with E-state index in [9.17, 15) is 18.0 Å². The summed E-state index contributed by atoms with van der Waals surface area (Å²) >= 11 is 0. The summed E-state index contributed by atoms with van der Waals surface area (Å²) < 4.78 is 46.9. The fourth-order valence-corrected chi connectivity index (χ4v) is 6.96. The minimum atomic E-state index is -4.41. The van der Waals surface area contributed by atoms with Gasteiger partial charge < -0.3 is 19.4 Å². The molecule has 0 radical (unpaired) electrons. The molecule has 0 N–H and O–H groups in total. The predicted molar refractivity (Wildman–Crippen MR) is 149 cm³/mol. The number of amides is 1. The second kappa shape index (κ2) is 11.2. The number of carbonyl (C=O) groups excluding carboxylic acids is 1. The maximum atomic E-state index is 13.6. The molecule has 8 nitrogen and oxygen atoms in total. The van der Waals surface area contributed by atoms with Crippen molar-refractivity contribution in [3.8, 4) is 6.01 Å². The van der Waals surface area contributed by atoms with Crippen LogP contribution in [0.15, 0.2) is 36.9 Å². The fraction of sp³-hybridized carbons (Fsp3) is 0.567. The first-order valence-corrected chi connectivity index (χ1v) is 14.5. The molecule has 0 bridgehead atoms. The summed E-state index contributed by atoms with van der Waals surface area (Å²) in [7, 11) is 2.08. The summed E-state index contributed by atoms with van der Waals surface area (Å²) in [5.74, 6) is 0.138. The molecule has 1 aliphatic carbocycles. The van der Waals surface area contributed by atoms with Gasteiger partial charge in [0.2, 0.25) is 5.91 Å². The van der Waals surface area contributed by atoms with Crippen LogP contribution in [-0.2, 0) is 24.3 Å². The first kappa shape index (κ1) is 28.0. The Morgan fingerprint density at radius 3 is 2.71 bits per heavy atom. The molecule has 2 fully saturated rings. The zero-order chi connectivity index (χ0) is 28.7. The standard InChI is InChI=1S/C30H37F3N6O2/c1-3-27(40)39-14-13-37(16-22(39)15-30(31,32)33)28-24-17-38(26-11-10-20-7-4-5-9-23(20)26)18-25(24)34-29(35-28)41-19-21-8-6-12-36(21)2/h3-5,7,9,21-22,26H,1,6,8,10-19H2,2H3/t21-,22-,26?/m0/s1. The molecule has 1 aromatic heterocycles. The molecule has 2 aromatic rings. The molecule has 0 spiro atoms. The molecule has 6 rings (SSSR count). The number of hydrogen-bond donors (Lipinski definition) is 0. The molecular formula is C30H37F3N6O2. The average molecular weight is 571 g/mol. The molecule has 1 aromatic carbocycles. The number of nitrogens with zero attached hydrogens (tertiary/aromatic N) is 6. The Balaban J connectivity index is 1.29. The number of carbonyl (C=O) groups is 1. The second-order valence-corrected chi connectivity index (χ2v) is 11.7. The maximum Gasteiger partial charge on any atom is 0.391 e.